The minimum absolute atomic E-state index is 0.00280. The molecule has 1 saturated carbocycles. The molecule has 0 spiro atoms. The molecule has 0 heterocycles. The van der Waals surface area contributed by atoms with Crippen LogP contribution in [0.15, 0.2) is 30.3 Å². The van der Waals surface area contributed by atoms with Crippen LogP contribution in [0.5, 0.6) is 0 Å². The van der Waals surface area contributed by atoms with E-state index in [0.717, 1.165) is 25.7 Å². The summed E-state index contributed by atoms with van der Waals surface area (Å²) >= 11 is 0. The molecule has 1 aliphatic rings. The van der Waals surface area contributed by atoms with E-state index in [1.54, 1.807) is 0 Å². The zero-order valence-electron chi connectivity index (χ0n) is 15.2. The van der Waals surface area contributed by atoms with E-state index < -0.39 is 0 Å². The van der Waals surface area contributed by atoms with Crippen LogP contribution in [0, 0.1) is 0 Å². The number of esters is 1. The number of benzene rings is 1. The first-order valence-electron chi connectivity index (χ1n) is 10.1. The Kier molecular flexibility index (Phi) is 9.60. The first kappa shape index (κ1) is 19.0. The quantitative estimate of drug-likeness (QED) is 0.598. The average Bonchev–Trinajstić information content (AvgIpc) is 2.58. The molecule has 2 rings (SSSR count). The van der Waals surface area contributed by atoms with Gasteiger partial charge in [0.05, 0.1) is 0 Å². The zero-order valence-corrected chi connectivity index (χ0v) is 15.2. The normalized spacial score (nSPS) is 18.3. The van der Waals surface area contributed by atoms with Gasteiger partial charge in [-0.15, -0.1) is 0 Å². The van der Waals surface area contributed by atoms with Gasteiger partial charge in [-0.3, -0.25) is 4.79 Å². The van der Waals surface area contributed by atoms with E-state index in [2.05, 4.69) is 24.3 Å². The third kappa shape index (κ3) is 8.52. The number of hydrogen-bond donors (Lipinski definition) is 0. The summed E-state index contributed by atoms with van der Waals surface area (Å²) in [5.74, 6) is 0.00280. The molecule has 134 valence electrons. The number of aryl methyl sites for hydroxylation is 1. The van der Waals surface area contributed by atoms with Gasteiger partial charge in [0.1, 0.15) is 6.10 Å². The fraction of sp³-hybridized carbons (Fsp3) is 0.682. The lowest BCUT2D eigenvalue weighted by atomic mass is 9.99. The fourth-order valence-corrected chi connectivity index (χ4v) is 3.57. The summed E-state index contributed by atoms with van der Waals surface area (Å²) in [7, 11) is 0. The van der Waals surface area contributed by atoms with Crippen molar-refractivity contribution in [3.63, 3.8) is 0 Å². The van der Waals surface area contributed by atoms with Crippen LogP contribution in [-0.2, 0) is 16.0 Å². The van der Waals surface area contributed by atoms with Crippen molar-refractivity contribution < 1.29 is 9.53 Å². The van der Waals surface area contributed by atoms with E-state index in [1.807, 2.05) is 6.07 Å². The van der Waals surface area contributed by atoms with E-state index >= 15 is 0 Å². The summed E-state index contributed by atoms with van der Waals surface area (Å²) in [4.78, 5) is 12.2. The second kappa shape index (κ2) is 12.1. The molecule has 0 aromatic heterocycles. The Hall–Kier alpha value is -1.31. The predicted octanol–water partition coefficient (Wildman–Crippen LogP) is 6.23. The molecule has 1 aromatic carbocycles. The van der Waals surface area contributed by atoms with Crippen LogP contribution in [0.25, 0.3) is 0 Å². The van der Waals surface area contributed by atoms with Gasteiger partial charge in [0.25, 0.3) is 0 Å². The molecule has 0 N–H and O–H groups in total. The molecule has 0 aliphatic heterocycles. The predicted molar refractivity (Wildman–Crippen MR) is 100 cm³/mol. The van der Waals surface area contributed by atoms with Crippen LogP contribution in [0.3, 0.4) is 0 Å². The monoisotopic (exact) mass is 330 g/mol. The lowest BCUT2D eigenvalue weighted by Crippen LogP contribution is -2.18. The number of rotatable bonds is 5. The maximum atomic E-state index is 12.2. The molecule has 0 bridgehead atoms. The minimum Gasteiger partial charge on any atom is -0.462 e. The molecular formula is C22H34O2. The van der Waals surface area contributed by atoms with Crippen LogP contribution in [0.4, 0.5) is 0 Å². The summed E-state index contributed by atoms with van der Waals surface area (Å²) in [5.41, 5.74) is 1.30. The van der Waals surface area contributed by atoms with Crippen LogP contribution in [-0.4, -0.2) is 12.1 Å². The molecule has 0 unspecified atom stereocenters. The Balaban J connectivity index is 1.66. The van der Waals surface area contributed by atoms with Gasteiger partial charge < -0.3 is 4.74 Å². The Bertz CT molecular complexity index is 429. The SMILES string of the molecule is O=C(CCCc1ccccc1)OC1CCCCCCCCCCC1. The number of ether oxygens (including phenoxy) is 1. The molecule has 1 aromatic rings. The third-order valence-corrected chi connectivity index (χ3v) is 5.04. The first-order valence-corrected chi connectivity index (χ1v) is 10.1. The van der Waals surface area contributed by atoms with Crippen molar-refractivity contribution >= 4 is 5.97 Å². The van der Waals surface area contributed by atoms with E-state index in [0.29, 0.717) is 6.42 Å². The summed E-state index contributed by atoms with van der Waals surface area (Å²) in [6.45, 7) is 0. The summed E-state index contributed by atoms with van der Waals surface area (Å²) < 4.78 is 5.79. The Morgan fingerprint density at radius 3 is 1.96 bits per heavy atom. The van der Waals surface area contributed by atoms with E-state index in [4.69, 9.17) is 4.74 Å². The molecule has 0 radical (unpaired) electrons. The first-order chi connectivity index (χ1) is 11.8. The second-order valence-electron chi connectivity index (χ2n) is 7.21. The molecule has 2 nitrogen and oxygen atoms in total. The van der Waals surface area contributed by atoms with Crippen molar-refractivity contribution in [1.82, 2.24) is 0 Å². The fourth-order valence-electron chi connectivity index (χ4n) is 3.57. The molecule has 0 atom stereocenters. The van der Waals surface area contributed by atoms with Crippen molar-refractivity contribution in [1.29, 1.82) is 0 Å². The average molecular weight is 331 g/mol. The van der Waals surface area contributed by atoms with Crippen molar-refractivity contribution in [2.24, 2.45) is 0 Å². The highest BCUT2D eigenvalue weighted by Gasteiger charge is 2.14. The van der Waals surface area contributed by atoms with E-state index in [1.165, 1.54) is 63.4 Å². The van der Waals surface area contributed by atoms with Crippen molar-refractivity contribution in [3.8, 4) is 0 Å². The molecule has 2 heteroatoms. The van der Waals surface area contributed by atoms with Crippen LogP contribution >= 0.6 is 0 Å². The standard InChI is InChI=1S/C22H34O2/c23-22(19-13-16-20-14-9-8-10-15-20)24-21-17-11-6-4-2-1-3-5-7-12-18-21/h8-10,14-15,21H,1-7,11-13,16-19H2. The van der Waals surface area contributed by atoms with Gasteiger partial charge in [0.15, 0.2) is 0 Å². The maximum Gasteiger partial charge on any atom is 0.306 e. The molecule has 0 amide bonds. The molecule has 0 saturated heterocycles. The molecule has 24 heavy (non-hydrogen) atoms. The van der Waals surface area contributed by atoms with Gasteiger partial charge in [0, 0.05) is 6.42 Å². The number of hydrogen-bond acceptors (Lipinski definition) is 2. The lowest BCUT2D eigenvalue weighted by molar-refractivity contribution is -0.150. The molecule has 1 aliphatic carbocycles. The van der Waals surface area contributed by atoms with Crippen LogP contribution in [0.1, 0.15) is 89.0 Å². The van der Waals surface area contributed by atoms with Crippen molar-refractivity contribution in [2.75, 3.05) is 0 Å². The van der Waals surface area contributed by atoms with Gasteiger partial charge in [-0.05, 0) is 44.1 Å². The number of carbonyl (C=O) groups is 1. The third-order valence-electron chi connectivity index (χ3n) is 5.04. The highest BCUT2D eigenvalue weighted by atomic mass is 16.5. The van der Waals surface area contributed by atoms with Crippen molar-refractivity contribution in [3.05, 3.63) is 35.9 Å². The minimum atomic E-state index is 0.00280. The topological polar surface area (TPSA) is 26.3 Å². The Labute approximate surface area is 148 Å². The largest absolute Gasteiger partial charge is 0.462 e. The van der Waals surface area contributed by atoms with Gasteiger partial charge in [-0.25, -0.2) is 0 Å². The summed E-state index contributed by atoms with van der Waals surface area (Å²) in [6, 6.07) is 10.4. The molecular weight excluding hydrogens is 296 g/mol. The Morgan fingerprint density at radius 2 is 1.38 bits per heavy atom. The van der Waals surface area contributed by atoms with Crippen LogP contribution in [0.2, 0.25) is 0 Å². The molecule has 1 fully saturated rings. The van der Waals surface area contributed by atoms with Gasteiger partial charge in [-0.2, -0.15) is 0 Å². The van der Waals surface area contributed by atoms with Gasteiger partial charge in [0.2, 0.25) is 0 Å². The zero-order chi connectivity index (χ0) is 16.9. The van der Waals surface area contributed by atoms with E-state index in [9.17, 15) is 4.79 Å². The lowest BCUT2D eigenvalue weighted by Gasteiger charge is -2.19. The van der Waals surface area contributed by atoms with Gasteiger partial charge in [-0.1, -0.05) is 75.3 Å². The smallest absolute Gasteiger partial charge is 0.306 e. The highest BCUT2D eigenvalue weighted by Crippen LogP contribution is 2.19. The summed E-state index contributed by atoms with van der Waals surface area (Å²) in [6.07, 6.45) is 16.5. The van der Waals surface area contributed by atoms with E-state index in [-0.39, 0.29) is 12.1 Å². The second-order valence-corrected chi connectivity index (χ2v) is 7.21. The Morgan fingerprint density at radius 1 is 0.833 bits per heavy atom. The van der Waals surface area contributed by atoms with Gasteiger partial charge >= 0.3 is 5.97 Å². The maximum absolute atomic E-state index is 12.2. The number of carbonyl (C=O) groups excluding carboxylic acids is 1. The van der Waals surface area contributed by atoms with Crippen molar-refractivity contribution in [2.45, 2.75) is 96.0 Å². The van der Waals surface area contributed by atoms with Crippen LogP contribution < -0.4 is 0 Å². The summed E-state index contributed by atoms with van der Waals surface area (Å²) in [5, 5.41) is 0. The highest BCUT2D eigenvalue weighted by molar-refractivity contribution is 5.69.